The van der Waals surface area contributed by atoms with E-state index in [9.17, 15) is 4.39 Å². The van der Waals surface area contributed by atoms with E-state index < -0.39 is 0 Å². The highest BCUT2D eigenvalue weighted by molar-refractivity contribution is 5.47. The molecule has 0 spiro atoms. The smallest absolute Gasteiger partial charge is 0.208 e. The van der Waals surface area contributed by atoms with Crippen molar-refractivity contribution in [1.29, 1.82) is 0 Å². The highest BCUT2D eigenvalue weighted by Crippen LogP contribution is 2.24. The number of ether oxygens (including phenoxy) is 2. The Kier molecular flexibility index (Phi) is 4.80. The Hall–Kier alpha value is -2.08. The van der Waals surface area contributed by atoms with Crippen molar-refractivity contribution in [3.8, 4) is 11.4 Å². The fraction of sp³-hybridized carbons (Fsp3) is 0.400. The van der Waals surface area contributed by atoms with Gasteiger partial charge in [0.1, 0.15) is 0 Å². The molecule has 0 aliphatic heterocycles. The average Bonchev–Trinajstić information content (AvgIpc) is 2.80. The number of halogens is 1. The van der Waals surface area contributed by atoms with Crippen LogP contribution >= 0.6 is 0 Å². The Morgan fingerprint density at radius 3 is 2.81 bits per heavy atom. The van der Waals surface area contributed by atoms with E-state index in [4.69, 9.17) is 9.47 Å². The number of anilines is 1. The van der Waals surface area contributed by atoms with E-state index in [0.29, 0.717) is 12.6 Å². The molecule has 0 fully saturated rings. The summed E-state index contributed by atoms with van der Waals surface area (Å²) in [6.07, 6.45) is 1.88. The van der Waals surface area contributed by atoms with Crippen LogP contribution in [-0.4, -0.2) is 36.4 Å². The quantitative estimate of drug-likeness (QED) is 0.889. The molecule has 2 rings (SSSR count). The standard InChI is InChI=1S/C15H20FN3O2/c1-10-8-19(15(17-10)18-11(2)9-20-3)12-5-6-13(16)14(7-12)21-4/h5-8,11H,9H2,1-4H3,(H,17,18). The second-order valence-electron chi connectivity index (χ2n) is 4.90. The van der Waals surface area contributed by atoms with Gasteiger partial charge in [0.15, 0.2) is 11.6 Å². The lowest BCUT2D eigenvalue weighted by atomic mass is 10.3. The second-order valence-corrected chi connectivity index (χ2v) is 4.90. The van der Waals surface area contributed by atoms with E-state index in [0.717, 1.165) is 11.4 Å². The lowest BCUT2D eigenvalue weighted by Gasteiger charge is -2.15. The SMILES string of the molecule is COCC(C)Nc1nc(C)cn1-c1ccc(F)c(OC)c1. The molecule has 1 atom stereocenters. The lowest BCUT2D eigenvalue weighted by molar-refractivity contribution is 0.190. The fourth-order valence-corrected chi connectivity index (χ4v) is 2.11. The average molecular weight is 293 g/mol. The maximum Gasteiger partial charge on any atom is 0.208 e. The first-order valence-electron chi connectivity index (χ1n) is 6.70. The number of hydrogen-bond acceptors (Lipinski definition) is 4. The maximum absolute atomic E-state index is 13.5. The Labute approximate surface area is 123 Å². The van der Waals surface area contributed by atoms with E-state index in [2.05, 4.69) is 10.3 Å². The molecule has 1 unspecified atom stereocenters. The van der Waals surface area contributed by atoms with Crippen LogP contribution in [0.1, 0.15) is 12.6 Å². The van der Waals surface area contributed by atoms with Gasteiger partial charge in [-0.1, -0.05) is 0 Å². The third-order valence-electron chi connectivity index (χ3n) is 3.03. The van der Waals surface area contributed by atoms with Crippen molar-refractivity contribution in [2.75, 3.05) is 26.1 Å². The predicted octanol–water partition coefficient (Wildman–Crippen LogP) is 2.78. The number of aryl methyl sites for hydroxylation is 1. The molecule has 0 saturated heterocycles. The van der Waals surface area contributed by atoms with Crippen LogP contribution in [0, 0.1) is 12.7 Å². The minimum Gasteiger partial charge on any atom is -0.494 e. The largest absolute Gasteiger partial charge is 0.494 e. The predicted molar refractivity (Wildman–Crippen MR) is 79.8 cm³/mol. The normalized spacial score (nSPS) is 12.2. The number of imidazole rings is 1. The minimum absolute atomic E-state index is 0.109. The molecule has 5 nitrogen and oxygen atoms in total. The van der Waals surface area contributed by atoms with Crippen LogP contribution in [0.2, 0.25) is 0 Å². The van der Waals surface area contributed by atoms with Gasteiger partial charge < -0.3 is 14.8 Å². The lowest BCUT2D eigenvalue weighted by Crippen LogP contribution is -2.22. The molecule has 1 aromatic heterocycles. The molecule has 114 valence electrons. The molecule has 0 amide bonds. The van der Waals surface area contributed by atoms with Crippen molar-refractivity contribution in [3.05, 3.63) is 35.9 Å². The molecule has 0 aliphatic rings. The van der Waals surface area contributed by atoms with E-state index in [1.165, 1.54) is 13.2 Å². The van der Waals surface area contributed by atoms with Gasteiger partial charge in [0, 0.05) is 25.4 Å². The maximum atomic E-state index is 13.5. The Morgan fingerprint density at radius 1 is 1.38 bits per heavy atom. The summed E-state index contributed by atoms with van der Waals surface area (Å²) in [5, 5.41) is 3.28. The van der Waals surface area contributed by atoms with Crippen LogP contribution in [0.3, 0.4) is 0 Å². The summed E-state index contributed by atoms with van der Waals surface area (Å²) < 4.78 is 25.5. The summed E-state index contributed by atoms with van der Waals surface area (Å²) in [6.45, 7) is 4.48. The van der Waals surface area contributed by atoms with Crippen LogP contribution in [0.25, 0.3) is 5.69 Å². The van der Waals surface area contributed by atoms with Crippen molar-refractivity contribution in [3.63, 3.8) is 0 Å². The zero-order valence-electron chi connectivity index (χ0n) is 12.7. The van der Waals surface area contributed by atoms with Crippen LogP contribution < -0.4 is 10.1 Å². The minimum atomic E-state index is -0.389. The first-order valence-corrected chi connectivity index (χ1v) is 6.70. The number of nitrogens with zero attached hydrogens (tertiary/aromatic N) is 2. The van der Waals surface area contributed by atoms with Crippen LogP contribution in [0.4, 0.5) is 10.3 Å². The molecule has 1 heterocycles. The van der Waals surface area contributed by atoms with Gasteiger partial charge in [0.25, 0.3) is 0 Å². The molecule has 21 heavy (non-hydrogen) atoms. The summed E-state index contributed by atoms with van der Waals surface area (Å²) in [5.41, 5.74) is 1.64. The molecular formula is C15H20FN3O2. The molecule has 1 aromatic carbocycles. The first-order chi connectivity index (χ1) is 10.0. The Bertz CT molecular complexity index is 613. The van der Waals surface area contributed by atoms with Crippen LogP contribution in [0.5, 0.6) is 5.75 Å². The fourth-order valence-electron chi connectivity index (χ4n) is 2.11. The number of rotatable bonds is 6. The van der Waals surface area contributed by atoms with Crippen molar-refractivity contribution in [2.45, 2.75) is 19.9 Å². The number of nitrogens with one attached hydrogen (secondary N) is 1. The van der Waals surface area contributed by atoms with Gasteiger partial charge in [-0.05, 0) is 26.0 Å². The third kappa shape index (κ3) is 3.52. The first kappa shape index (κ1) is 15.3. The van der Waals surface area contributed by atoms with Gasteiger partial charge in [0.2, 0.25) is 5.95 Å². The molecular weight excluding hydrogens is 273 g/mol. The monoisotopic (exact) mass is 293 g/mol. The van der Waals surface area contributed by atoms with Crippen molar-refractivity contribution >= 4 is 5.95 Å². The number of benzene rings is 1. The van der Waals surface area contributed by atoms with E-state index in [1.54, 1.807) is 19.2 Å². The summed E-state index contributed by atoms with van der Waals surface area (Å²) >= 11 is 0. The summed E-state index contributed by atoms with van der Waals surface area (Å²) in [6, 6.07) is 4.82. The highest BCUT2D eigenvalue weighted by atomic mass is 19.1. The molecule has 1 N–H and O–H groups in total. The van der Waals surface area contributed by atoms with Crippen molar-refractivity contribution in [1.82, 2.24) is 9.55 Å². The molecule has 0 saturated carbocycles. The van der Waals surface area contributed by atoms with Gasteiger partial charge in [-0.3, -0.25) is 4.57 Å². The topological polar surface area (TPSA) is 48.3 Å². The van der Waals surface area contributed by atoms with Crippen LogP contribution in [0.15, 0.2) is 24.4 Å². The van der Waals surface area contributed by atoms with Gasteiger partial charge >= 0.3 is 0 Å². The zero-order chi connectivity index (χ0) is 15.4. The summed E-state index contributed by atoms with van der Waals surface area (Å²) in [7, 11) is 3.10. The molecule has 0 radical (unpaired) electrons. The van der Waals surface area contributed by atoms with Crippen molar-refractivity contribution < 1.29 is 13.9 Å². The number of aromatic nitrogens is 2. The number of hydrogen-bond donors (Lipinski definition) is 1. The van der Waals surface area contributed by atoms with Gasteiger partial charge in [0.05, 0.1) is 25.1 Å². The molecule has 0 aliphatic carbocycles. The van der Waals surface area contributed by atoms with Crippen LogP contribution in [-0.2, 0) is 4.74 Å². The third-order valence-corrected chi connectivity index (χ3v) is 3.03. The highest BCUT2D eigenvalue weighted by Gasteiger charge is 2.12. The van der Waals surface area contributed by atoms with Crippen molar-refractivity contribution in [2.24, 2.45) is 0 Å². The Balaban J connectivity index is 2.35. The van der Waals surface area contributed by atoms with E-state index >= 15 is 0 Å². The number of methoxy groups -OCH3 is 2. The van der Waals surface area contributed by atoms with Gasteiger partial charge in [-0.2, -0.15) is 0 Å². The molecule has 0 bridgehead atoms. The van der Waals surface area contributed by atoms with Gasteiger partial charge in [-0.25, -0.2) is 9.37 Å². The Morgan fingerprint density at radius 2 is 2.14 bits per heavy atom. The van der Waals surface area contributed by atoms with E-state index in [1.807, 2.05) is 24.6 Å². The molecule has 2 aromatic rings. The van der Waals surface area contributed by atoms with E-state index in [-0.39, 0.29) is 17.6 Å². The molecule has 6 heteroatoms. The zero-order valence-corrected chi connectivity index (χ0v) is 12.7. The second kappa shape index (κ2) is 6.58. The summed E-state index contributed by atoms with van der Waals surface area (Å²) in [4.78, 5) is 4.45. The summed E-state index contributed by atoms with van der Waals surface area (Å²) in [5.74, 6) is 0.501. The van der Waals surface area contributed by atoms with Gasteiger partial charge in [-0.15, -0.1) is 0 Å².